The molecule has 1 N–H and O–H groups in total. The maximum atomic E-state index is 10.8. The van der Waals surface area contributed by atoms with Crippen molar-refractivity contribution in [2.45, 2.75) is 47.8 Å². The topological polar surface area (TPSA) is 77.1 Å². The Bertz CT molecular complexity index is 1880. The van der Waals surface area contributed by atoms with Gasteiger partial charge < -0.3 is 28.5 Å². The molecule has 264 valence electrons. The van der Waals surface area contributed by atoms with E-state index in [2.05, 4.69) is 84.2 Å². The van der Waals surface area contributed by atoms with Crippen molar-refractivity contribution in [3.05, 3.63) is 113 Å². The fourth-order valence-corrected chi connectivity index (χ4v) is 5.70. The van der Waals surface area contributed by atoms with Crippen LogP contribution in [0, 0.1) is 0 Å². The van der Waals surface area contributed by atoms with E-state index in [0.29, 0.717) is 18.8 Å². The van der Waals surface area contributed by atoms with Gasteiger partial charge in [-0.3, -0.25) is 4.79 Å². The fourth-order valence-electron chi connectivity index (χ4n) is 5.43. The van der Waals surface area contributed by atoms with Crippen LogP contribution in [0.1, 0.15) is 63.8 Å². The predicted octanol–water partition coefficient (Wildman–Crippen LogP) is 11.3. The lowest BCUT2D eigenvalue weighted by Crippen LogP contribution is -2.21. The summed E-state index contributed by atoms with van der Waals surface area (Å²) in [5, 5.41) is 5.19. The Hall–Kier alpha value is -4.21. The minimum Gasteiger partial charge on any atom is -0.456 e. The van der Waals surface area contributed by atoms with Gasteiger partial charge in [0.05, 0.1) is 0 Å². The number of hydrogen-bond acceptors (Lipinski definition) is 7. The number of rotatable bonds is 13. The first-order valence-corrected chi connectivity index (χ1v) is 18.2. The van der Waals surface area contributed by atoms with Crippen LogP contribution < -0.4 is 10.2 Å². The normalized spacial score (nSPS) is 10.9. The summed E-state index contributed by atoms with van der Waals surface area (Å²) < 4.78 is 24.2. The number of nitrogens with one attached hydrogen (secondary N) is 1. The van der Waals surface area contributed by atoms with Crippen LogP contribution in [0.15, 0.2) is 110 Å². The smallest absolute Gasteiger partial charge is 0.183 e. The number of fused-ring (bicyclic) bond motifs is 2. The van der Waals surface area contributed by atoms with Crippen LogP contribution in [0.2, 0.25) is 0 Å². The molecule has 7 nitrogen and oxygen atoms in total. The molecule has 8 heteroatoms. The number of anilines is 1. The summed E-state index contributed by atoms with van der Waals surface area (Å²) in [5.41, 5.74) is 6.49. The largest absolute Gasteiger partial charge is 0.456 e. The van der Waals surface area contributed by atoms with Gasteiger partial charge in [0, 0.05) is 69.5 Å². The second-order valence-corrected chi connectivity index (χ2v) is 12.3. The van der Waals surface area contributed by atoms with Gasteiger partial charge in [-0.25, -0.2) is 0 Å². The first kappa shape index (κ1) is 38.6. The lowest BCUT2D eigenvalue weighted by Gasteiger charge is -2.20. The number of halogens is 1. The molecule has 2 heterocycles. The van der Waals surface area contributed by atoms with Gasteiger partial charge in [0.15, 0.2) is 6.29 Å². The van der Waals surface area contributed by atoms with Gasteiger partial charge in [-0.1, -0.05) is 66.2 Å². The van der Waals surface area contributed by atoms with Crippen LogP contribution in [0.4, 0.5) is 5.69 Å². The Kier molecular flexibility index (Phi) is 15.3. The van der Waals surface area contributed by atoms with Crippen molar-refractivity contribution in [1.29, 1.82) is 0 Å². The summed E-state index contributed by atoms with van der Waals surface area (Å²) in [6.45, 7) is 17.8. The molecule has 0 saturated heterocycles. The molecule has 0 fully saturated rings. The van der Waals surface area contributed by atoms with Crippen LogP contribution in [-0.4, -0.2) is 45.7 Å². The molecule has 6 rings (SSSR count). The Labute approximate surface area is 304 Å². The number of hydrogen-bond donors (Lipinski definition) is 1. The SMILES string of the molecule is CCN(CC)c1ccc(-c2cc3ccc(C=O)cc3o2)cc1.CCNCC.CCOC(OCC)c1ccc2cc(-c3ccc(Br)cc3)oc2c1. The van der Waals surface area contributed by atoms with E-state index in [1.807, 2.05) is 68.4 Å². The number of ether oxygens (including phenoxy) is 2. The fraction of sp³-hybridized carbons (Fsp3) is 0.310. The number of carbonyl (C=O) groups is 1. The van der Waals surface area contributed by atoms with Gasteiger partial charge in [0.25, 0.3) is 0 Å². The molecule has 0 saturated carbocycles. The molecule has 50 heavy (non-hydrogen) atoms. The molecule has 6 aromatic rings. The van der Waals surface area contributed by atoms with Crippen molar-refractivity contribution < 1.29 is 23.1 Å². The highest BCUT2D eigenvalue weighted by atomic mass is 79.9. The van der Waals surface area contributed by atoms with Gasteiger partial charge >= 0.3 is 0 Å². The number of furan rings is 2. The van der Waals surface area contributed by atoms with E-state index >= 15 is 0 Å². The first-order valence-electron chi connectivity index (χ1n) is 17.4. The van der Waals surface area contributed by atoms with Crippen molar-refractivity contribution in [2.75, 3.05) is 44.3 Å². The van der Waals surface area contributed by atoms with Crippen LogP contribution in [0.5, 0.6) is 0 Å². The summed E-state index contributed by atoms with van der Waals surface area (Å²) in [7, 11) is 0. The molecule has 0 aliphatic rings. The summed E-state index contributed by atoms with van der Waals surface area (Å²) in [6, 6.07) is 32.1. The predicted molar refractivity (Wildman–Crippen MR) is 210 cm³/mol. The highest BCUT2D eigenvalue weighted by Gasteiger charge is 2.14. The highest BCUT2D eigenvalue weighted by Crippen LogP contribution is 2.32. The monoisotopic (exact) mass is 740 g/mol. The van der Waals surface area contributed by atoms with Gasteiger partial charge in [0.1, 0.15) is 29.0 Å². The number of aldehydes is 1. The lowest BCUT2D eigenvalue weighted by atomic mass is 10.1. The minimum atomic E-state index is -0.351. The zero-order valence-electron chi connectivity index (χ0n) is 30.0. The van der Waals surface area contributed by atoms with E-state index in [9.17, 15) is 4.79 Å². The van der Waals surface area contributed by atoms with Crippen molar-refractivity contribution in [3.8, 4) is 22.6 Å². The van der Waals surface area contributed by atoms with E-state index in [-0.39, 0.29) is 6.29 Å². The summed E-state index contributed by atoms with van der Waals surface area (Å²) in [4.78, 5) is 13.1. The molecule has 0 radical (unpaired) electrons. The van der Waals surface area contributed by atoms with Crippen LogP contribution in [0.3, 0.4) is 0 Å². The molecule has 0 bridgehead atoms. The molecule has 2 aromatic heterocycles. The molecule has 4 aromatic carbocycles. The molecular formula is C42H49BrN2O5. The van der Waals surface area contributed by atoms with Crippen LogP contribution >= 0.6 is 15.9 Å². The van der Waals surface area contributed by atoms with Crippen LogP contribution in [0.25, 0.3) is 44.6 Å². The zero-order chi connectivity index (χ0) is 35.9. The molecule has 0 unspecified atom stereocenters. The minimum absolute atomic E-state index is 0.351. The average molecular weight is 742 g/mol. The Morgan fingerprint density at radius 3 is 1.68 bits per heavy atom. The summed E-state index contributed by atoms with van der Waals surface area (Å²) >= 11 is 3.45. The van der Waals surface area contributed by atoms with Crippen molar-refractivity contribution >= 4 is 49.8 Å². The Morgan fingerprint density at radius 2 is 1.20 bits per heavy atom. The number of nitrogens with zero attached hydrogens (tertiary/aromatic N) is 1. The average Bonchev–Trinajstić information content (AvgIpc) is 3.77. The zero-order valence-corrected chi connectivity index (χ0v) is 31.6. The molecule has 0 atom stereocenters. The third-order valence-electron chi connectivity index (χ3n) is 8.04. The van der Waals surface area contributed by atoms with Gasteiger partial charge in [-0.15, -0.1) is 0 Å². The summed E-state index contributed by atoms with van der Waals surface area (Å²) in [5.74, 6) is 1.68. The van der Waals surface area contributed by atoms with Crippen molar-refractivity contribution in [1.82, 2.24) is 5.32 Å². The second kappa shape index (κ2) is 19.8. The Morgan fingerprint density at radius 1 is 0.680 bits per heavy atom. The van der Waals surface area contributed by atoms with E-state index in [1.165, 1.54) is 5.69 Å². The van der Waals surface area contributed by atoms with Crippen molar-refractivity contribution in [3.63, 3.8) is 0 Å². The maximum absolute atomic E-state index is 10.8. The third-order valence-corrected chi connectivity index (χ3v) is 8.57. The van der Waals surface area contributed by atoms with Gasteiger partial charge in [-0.2, -0.15) is 0 Å². The molecule has 0 aliphatic heterocycles. The first-order chi connectivity index (χ1) is 24.4. The third kappa shape index (κ3) is 10.4. The molecule has 0 amide bonds. The Balaban J connectivity index is 0.000000198. The van der Waals surface area contributed by atoms with E-state index in [0.717, 1.165) is 87.1 Å². The van der Waals surface area contributed by atoms with E-state index < -0.39 is 0 Å². The quantitative estimate of drug-likeness (QED) is 0.0933. The van der Waals surface area contributed by atoms with Gasteiger partial charge in [-0.05, 0) is 101 Å². The highest BCUT2D eigenvalue weighted by molar-refractivity contribution is 9.10. The number of benzene rings is 4. The number of carbonyl (C=O) groups excluding carboxylic acids is 1. The standard InChI is InChI=1S/C19H19BrO3.C19H19NO2.C4H11N/c1-3-21-19(22-4-2)15-6-5-14-11-17(23-18(14)12-15)13-7-9-16(20)10-8-13;1-3-20(4-2)17-9-7-15(8-10-17)19-12-16-6-5-14(13-21)11-18(16)22-19;1-3-5-4-2/h5-12,19H,3-4H2,1-2H3;5-13H,3-4H2,1-2H3;5H,3-4H2,1-2H3. The van der Waals surface area contributed by atoms with Gasteiger partial charge in [0.2, 0.25) is 0 Å². The van der Waals surface area contributed by atoms with E-state index in [4.69, 9.17) is 18.3 Å². The summed E-state index contributed by atoms with van der Waals surface area (Å²) in [6.07, 6.45) is 0.483. The molecule has 0 spiro atoms. The second-order valence-electron chi connectivity index (χ2n) is 11.4. The van der Waals surface area contributed by atoms with E-state index in [1.54, 1.807) is 12.1 Å². The lowest BCUT2D eigenvalue weighted by molar-refractivity contribution is -0.140. The molecular weight excluding hydrogens is 692 g/mol. The maximum Gasteiger partial charge on any atom is 0.183 e. The van der Waals surface area contributed by atoms with Crippen LogP contribution in [-0.2, 0) is 9.47 Å². The van der Waals surface area contributed by atoms with Crippen molar-refractivity contribution in [2.24, 2.45) is 0 Å². The molecule has 0 aliphatic carbocycles.